The van der Waals surface area contributed by atoms with Crippen LogP contribution < -0.4 is 0 Å². The van der Waals surface area contributed by atoms with Crippen LogP contribution in [0, 0.1) is 5.92 Å². The summed E-state index contributed by atoms with van der Waals surface area (Å²) in [4.78, 5) is 0. The zero-order valence-electron chi connectivity index (χ0n) is 6.64. The molecule has 0 saturated carbocycles. The average Bonchev–Trinajstić information content (AvgIpc) is 1.80. The Morgan fingerprint density at radius 3 is 2.15 bits per heavy atom. The summed E-state index contributed by atoms with van der Waals surface area (Å²) in [6.07, 6.45) is -5.24. The maximum atomic E-state index is 11.7. The fraction of sp³-hybridized carbons (Fsp3) is 1.00. The smallest absolute Gasteiger partial charge is 0.251 e. The monoisotopic (exact) mass is 224 g/mol. The highest BCUT2D eigenvalue weighted by Crippen LogP contribution is 2.20. The van der Waals surface area contributed by atoms with Crippen molar-refractivity contribution in [1.29, 1.82) is 0 Å². The van der Waals surface area contributed by atoms with Gasteiger partial charge in [-0.3, -0.25) is 4.39 Å². The van der Waals surface area contributed by atoms with Crippen molar-refractivity contribution in [2.75, 3.05) is 12.4 Å². The Balaban J connectivity index is 4.27. The lowest BCUT2D eigenvalue weighted by Crippen LogP contribution is -2.25. The second-order valence-electron chi connectivity index (χ2n) is 2.51. The molecule has 0 amide bonds. The molecule has 0 aromatic heterocycles. The number of hydrogen-bond donors (Lipinski definition) is 0. The molecule has 0 aromatic carbocycles. The molecule has 0 N–H and O–H groups in total. The summed E-state index contributed by atoms with van der Waals surface area (Å²) in [6, 6.07) is 0. The molecule has 0 aliphatic rings. The fourth-order valence-electron chi connectivity index (χ4n) is 0.571. The molecule has 0 bridgehead atoms. The van der Waals surface area contributed by atoms with Gasteiger partial charge in [0.25, 0.3) is 10.1 Å². The summed E-state index contributed by atoms with van der Waals surface area (Å²) in [5, 5.41) is 0. The van der Waals surface area contributed by atoms with Gasteiger partial charge in [-0.15, -0.1) is 13.2 Å². The van der Waals surface area contributed by atoms with Crippen LogP contribution in [0.15, 0.2) is 0 Å². The van der Waals surface area contributed by atoms with Gasteiger partial charge in [-0.2, -0.15) is 12.6 Å². The molecule has 0 spiro atoms. The third-order valence-electron chi connectivity index (χ3n) is 0.974. The van der Waals surface area contributed by atoms with E-state index in [2.05, 4.69) is 4.18 Å². The Bertz CT molecular complexity index is 245. The molecule has 0 radical (unpaired) electrons. The predicted molar refractivity (Wildman–Crippen MR) is 36.1 cm³/mol. The molecule has 1 unspecified atom stereocenters. The van der Waals surface area contributed by atoms with Crippen LogP contribution in [0.3, 0.4) is 0 Å². The number of rotatable bonds is 4. The van der Waals surface area contributed by atoms with Crippen LogP contribution in [0.25, 0.3) is 0 Å². The largest absolute Gasteiger partial charge is 0.537 e. The van der Waals surface area contributed by atoms with Gasteiger partial charge in [-0.1, -0.05) is 6.92 Å². The lowest BCUT2D eigenvalue weighted by molar-refractivity contribution is -0.272. The van der Waals surface area contributed by atoms with Crippen molar-refractivity contribution in [3.05, 3.63) is 0 Å². The predicted octanol–water partition coefficient (Wildman–Crippen LogP) is 1.46. The van der Waals surface area contributed by atoms with Gasteiger partial charge < -0.3 is 0 Å². The van der Waals surface area contributed by atoms with Crippen LogP contribution in [0.2, 0.25) is 0 Å². The first-order chi connectivity index (χ1) is 5.66. The van der Waals surface area contributed by atoms with E-state index in [4.69, 9.17) is 0 Å². The molecule has 80 valence electrons. The molecule has 0 heterocycles. The summed E-state index contributed by atoms with van der Waals surface area (Å²) in [5.74, 6) is -1.99. The molecule has 0 aromatic rings. The van der Waals surface area contributed by atoms with Gasteiger partial charge in [-0.05, 0) is 0 Å². The average molecular weight is 224 g/mol. The minimum atomic E-state index is -5.24. The maximum Gasteiger partial charge on any atom is 0.537 e. The van der Waals surface area contributed by atoms with E-state index in [1.165, 1.54) is 0 Å². The second kappa shape index (κ2) is 4.23. The number of hydrogen-bond acceptors (Lipinski definition) is 3. The van der Waals surface area contributed by atoms with E-state index in [-0.39, 0.29) is 0 Å². The van der Waals surface area contributed by atoms with Crippen LogP contribution in [-0.4, -0.2) is 27.2 Å². The van der Waals surface area contributed by atoms with E-state index in [0.717, 1.165) is 6.92 Å². The van der Waals surface area contributed by atoms with Crippen molar-refractivity contribution in [2.24, 2.45) is 5.92 Å². The topological polar surface area (TPSA) is 43.4 Å². The zero-order chi connectivity index (χ0) is 10.7. The van der Waals surface area contributed by atoms with Gasteiger partial charge >= 0.3 is 6.36 Å². The first-order valence-electron chi connectivity index (χ1n) is 3.22. The Hall–Kier alpha value is -0.370. The zero-order valence-corrected chi connectivity index (χ0v) is 7.45. The van der Waals surface area contributed by atoms with Crippen LogP contribution in [0.5, 0.6) is 0 Å². The lowest BCUT2D eigenvalue weighted by atomic mass is 10.3. The molecule has 3 nitrogen and oxygen atoms in total. The van der Waals surface area contributed by atoms with E-state index < -0.39 is 34.8 Å². The van der Waals surface area contributed by atoms with E-state index in [1.807, 2.05) is 0 Å². The van der Waals surface area contributed by atoms with Crippen LogP contribution in [-0.2, 0) is 14.3 Å². The van der Waals surface area contributed by atoms with Crippen molar-refractivity contribution < 1.29 is 30.2 Å². The van der Waals surface area contributed by atoms with Gasteiger partial charge in [0.05, 0.1) is 12.4 Å². The molecule has 13 heavy (non-hydrogen) atoms. The third kappa shape index (κ3) is 6.76. The van der Waals surface area contributed by atoms with Crippen molar-refractivity contribution in [3.8, 4) is 0 Å². The Labute approximate surface area is 72.8 Å². The van der Waals surface area contributed by atoms with Crippen molar-refractivity contribution in [2.45, 2.75) is 13.3 Å². The molecule has 8 heteroatoms. The summed E-state index contributed by atoms with van der Waals surface area (Å²) >= 11 is 0. The highest BCUT2D eigenvalue weighted by molar-refractivity contribution is 7.86. The van der Waals surface area contributed by atoms with E-state index in [1.54, 1.807) is 0 Å². The van der Waals surface area contributed by atoms with E-state index in [9.17, 15) is 26.0 Å². The molecular weight excluding hydrogens is 216 g/mol. The third-order valence-corrected chi connectivity index (χ3v) is 2.39. The standard InChI is InChI=1S/C5H8F4O3S/c1-4(2-6)3-13(10,11)12-5(7,8)9/h4H,2-3H2,1H3. The van der Waals surface area contributed by atoms with Crippen molar-refractivity contribution in [3.63, 3.8) is 0 Å². The SMILES string of the molecule is CC(CF)CS(=O)(=O)OC(F)(F)F. The molecule has 0 aliphatic heterocycles. The summed E-state index contributed by atoms with van der Waals surface area (Å²) < 4.78 is 69.8. The highest BCUT2D eigenvalue weighted by Gasteiger charge is 2.37. The van der Waals surface area contributed by atoms with Crippen LogP contribution in [0.4, 0.5) is 17.6 Å². The highest BCUT2D eigenvalue weighted by atomic mass is 32.2. The summed E-state index contributed by atoms with van der Waals surface area (Å²) in [7, 11) is -4.72. The molecular formula is C5H8F4O3S. The van der Waals surface area contributed by atoms with Crippen molar-refractivity contribution in [1.82, 2.24) is 0 Å². The first kappa shape index (κ1) is 12.6. The minimum absolute atomic E-state index is 0.983. The van der Waals surface area contributed by atoms with Gasteiger partial charge in [0.2, 0.25) is 0 Å². The number of alkyl halides is 4. The van der Waals surface area contributed by atoms with Gasteiger partial charge in [0, 0.05) is 5.92 Å². The van der Waals surface area contributed by atoms with E-state index >= 15 is 0 Å². The summed E-state index contributed by atoms with van der Waals surface area (Å²) in [6.45, 7) is 0.151. The van der Waals surface area contributed by atoms with Gasteiger partial charge in [-0.25, -0.2) is 0 Å². The maximum absolute atomic E-state index is 11.7. The first-order valence-corrected chi connectivity index (χ1v) is 4.80. The summed E-state index contributed by atoms with van der Waals surface area (Å²) in [5.41, 5.74) is 0. The number of halogens is 4. The van der Waals surface area contributed by atoms with Gasteiger partial charge in [0.1, 0.15) is 0 Å². The van der Waals surface area contributed by atoms with E-state index in [0.29, 0.717) is 0 Å². The van der Waals surface area contributed by atoms with Crippen LogP contribution >= 0.6 is 0 Å². The molecule has 0 fully saturated rings. The second-order valence-corrected chi connectivity index (χ2v) is 4.13. The fourth-order valence-corrected chi connectivity index (χ4v) is 1.71. The Morgan fingerprint density at radius 2 is 1.85 bits per heavy atom. The molecule has 0 rings (SSSR count). The van der Waals surface area contributed by atoms with Crippen LogP contribution in [0.1, 0.15) is 6.92 Å². The molecule has 0 aliphatic carbocycles. The quantitative estimate of drug-likeness (QED) is 0.536. The Kier molecular flexibility index (Phi) is 4.11. The van der Waals surface area contributed by atoms with Gasteiger partial charge in [0.15, 0.2) is 0 Å². The minimum Gasteiger partial charge on any atom is -0.251 e. The Morgan fingerprint density at radius 1 is 1.38 bits per heavy atom. The molecule has 0 saturated heterocycles. The normalized spacial score (nSPS) is 15.8. The lowest BCUT2D eigenvalue weighted by Gasteiger charge is -2.09. The van der Waals surface area contributed by atoms with Crippen molar-refractivity contribution >= 4 is 10.1 Å². The molecule has 1 atom stereocenters.